The van der Waals surface area contributed by atoms with Gasteiger partial charge >= 0.3 is 12.1 Å². The first-order chi connectivity index (χ1) is 9.54. The third kappa shape index (κ3) is 5.35. The molecule has 7 nitrogen and oxygen atoms in total. The molecule has 7 heteroatoms. The van der Waals surface area contributed by atoms with Gasteiger partial charge in [-0.3, -0.25) is 0 Å². The molecule has 1 aromatic rings. The SMILES string of the molecule is NCCC(O)[C@H](N)C(=O)OC(=O)OCc1ccccc1. The summed E-state index contributed by atoms with van der Waals surface area (Å²) >= 11 is 0. The van der Waals surface area contributed by atoms with Crippen molar-refractivity contribution >= 4 is 12.1 Å². The van der Waals surface area contributed by atoms with E-state index in [1.165, 1.54) is 0 Å². The summed E-state index contributed by atoms with van der Waals surface area (Å²) in [4.78, 5) is 22.7. The van der Waals surface area contributed by atoms with Gasteiger partial charge in [-0.1, -0.05) is 30.3 Å². The van der Waals surface area contributed by atoms with Crippen molar-refractivity contribution in [2.24, 2.45) is 11.5 Å². The van der Waals surface area contributed by atoms with Gasteiger partial charge in [0, 0.05) is 0 Å². The molecule has 0 aromatic heterocycles. The lowest BCUT2D eigenvalue weighted by atomic mass is 10.1. The maximum absolute atomic E-state index is 11.4. The first kappa shape index (κ1) is 16.1. The maximum Gasteiger partial charge on any atom is 0.516 e. The van der Waals surface area contributed by atoms with Gasteiger partial charge in [0.1, 0.15) is 12.6 Å². The molecule has 1 rings (SSSR count). The van der Waals surface area contributed by atoms with E-state index in [-0.39, 0.29) is 19.6 Å². The molecule has 1 unspecified atom stereocenters. The van der Waals surface area contributed by atoms with Gasteiger partial charge in [0.05, 0.1) is 6.10 Å². The van der Waals surface area contributed by atoms with Crippen LogP contribution in [-0.2, 0) is 20.9 Å². The average molecular weight is 282 g/mol. The van der Waals surface area contributed by atoms with Gasteiger partial charge < -0.3 is 26.0 Å². The maximum atomic E-state index is 11.4. The standard InChI is InChI=1S/C13H18N2O5/c14-7-6-10(16)11(15)12(17)20-13(18)19-8-9-4-2-1-3-5-9/h1-5,10-11,16H,6-8,14-15H2/t10?,11-/m0/s1. The zero-order valence-electron chi connectivity index (χ0n) is 10.9. The van der Waals surface area contributed by atoms with Crippen molar-refractivity contribution in [3.8, 4) is 0 Å². The van der Waals surface area contributed by atoms with E-state index in [4.69, 9.17) is 16.2 Å². The Bertz CT molecular complexity index is 438. The van der Waals surface area contributed by atoms with Crippen LogP contribution in [0.15, 0.2) is 30.3 Å². The van der Waals surface area contributed by atoms with Crippen molar-refractivity contribution in [1.82, 2.24) is 0 Å². The predicted octanol–water partition coefficient (Wildman–Crippen LogP) is -0.0966. The molecule has 0 aliphatic rings. The van der Waals surface area contributed by atoms with Gasteiger partial charge in [0.2, 0.25) is 0 Å². The molecule has 2 atom stereocenters. The van der Waals surface area contributed by atoms with E-state index in [0.717, 1.165) is 5.56 Å². The minimum absolute atomic E-state index is 0.0203. The molecule has 0 spiro atoms. The Morgan fingerprint density at radius 3 is 2.50 bits per heavy atom. The number of aliphatic hydroxyl groups is 1. The Labute approximate surface area is 116 Å². The van der Waals surface area contributed by atoms with Crippen molar-refractivity contribution < 1.29 is 24.2 Å². The Morgan fingerprint density at radius 1 is 1.25 bits per heavy atom. The van der Waals surface area contributed by atoms with Crippen LogP contribution in [0.1, 0.15) is 12.0 Å². The number of rotatable bonds is 6. The zero-order valence-corrected chi connectivity index (χ0v) is 10.9. The number of benzene rings is 1. The van der Waals surface area contributed by atoms with Crippen molar-refractivity contribution in [3.05, 3.63) is 35.9 Å². The van der Waals surface area contributed by atoms with Gasteiger partial charge in [-0.2, -0.15) is 0 Å². The Hall–Kier alpha value is -1.96. The molecule has 0 fully saturated rings. The molecule has 5 N–H and O–H groups in total. The highest BCUT2D eigenvalue weighted by molar-refractivity contribution is 5.85. The van der Waals surface area contributed by atoms with Crippen molar-refractivity contribution in [3.63, 3.8) is 0 Å². The summed E-state index contributed by atoms with van der Waals surface area (Å²) in [6.45, 7) is 0.147. The molecule has 0 bridgehead atoms. The third-order valence-corrected chi connectivity index (χ3v) is 2.53. The summed E-state index contributed by atoms with van der Waals surface area (Å²) in [5.74, 6) is -1.05. The van der Waals surface area contributed by atoms with Gasteiger partial charge in [0.25, 0.3) is 0 Å². The minimum Gasteiger partial charge on any atom is -0.429 e. The number of carbonyl (C=O) groups is 2. The van der Waals surface area contributed by atoms with Crippen LogP contribution in [0.5, 0.6) is 0 Å². The first-order valence-corrected chi connectivity index (χ1v) is 6.10. The highest BCUT2D eigenvalue weighted by atomic mass is 16.7. The van der Waals surface area contributed by atoms with Crippen LogP contribution in [0.25, 0.3) is 0 Å². The van der Waals surface area contributed by atoms with Gasteiger partial charge in [-0.05, 0) is 18.5 Å². The van der Waals surface area contributed by atoms with Gasteiger partial charge in [0.15, 0.2) is 0 Å². The summed E-state index contributed by atoms with van der Waals surface area (Å²) < 4.78 is 9.12. The molecule has 0 heterocycles. The second-order valence-electron chi connectivity index (χ2n) is 4.12. The third-order valence-electron chi connectivity index (χ3n) is 2.53. The van der Waals surface area contributed by atoms with Crippen LogP contribution >= 0.6 is 0 Å². The largest absolute Gasteiger partial charge is 0.516 e. The molecule has 0 aliphatic heterocycles. The summed E-state index contributed by atoms with van der Waals surface area (Å²) in [7, 11) is 0. The van der Waals surface area contributed by atoms with E-state index in [2.05, 4.69) is 4.74 Å². The second kappa shape index (κ2) is 8.26. The van der Waals surface area contributed by atoms with Gasteiger partial charge in [-0.15, -0.1) is 0 Å². The zero-order chi connectivity index (χ0) is 15.0. The number of hydrogen-bond donors (Lipinski definition) is 3. The molecule has 110 valence electrons. The van der Waals surface area contributed by atoms with Crippen LogP contribution in [-0.4, -0.2) is 35.9 Å². The smallest absolute Gasteiger partial charge is 0.429 e. The lowest BCUT2D eigenvalue weighted by Gasteiger charge is -2.15. The van der Waals surface area contributed by atoms with Crippen LogP contribution < -0.4 is 11.5 Å². The monoisotopic (exact) mass is 282 g/mol. The Kier molecular flexibility index (Phi) is 6.65. The lowest BCUT2D eigenvalue weighted by Crippen LogP contribution is -2.44. The van der Waals surface area contributed by atoms with Crippen LogP contribution in [0, 0.1) is 0 Å². The molecule has 0 radical (unpaired) electrons. The van der Waals surface area contributed by atoms with Crippen LogP contribution in [0.4, 0.5) is 4.79 Å². The Morgan fingerprint density at radius 2 is 1.90 bits per heavy atom. The predicted molar refractivity (Wildman–Crippen MR) is 70.4 cm³/mol. The van der Waals surface area contributed by atoms with E-state index < -0.39 is 24.3 Å². The molecule has 1 aromatic carbocycles. The summed E-state index contributed by atoms with van der Waals surface area (Å²) in [5, 5.41) is 9.45. The highest BCUT2D eigenvalue weighted by Crippen LogP contribution is 2.03. The number of carbonyl (C=O) groups excluding carboxylic acids is 2. The average Bonchev–Trinajstić information content (AvgIpc) is 2.45. The lowest BCUT2D eigenvalue weighted by molar-refractivity contribution is -0.144. The summed E-state index contributed by atoms with van der Waals surface area (Å²) in [5.41, 5.74) is 11.4. The van der Waals surface area contributed by atoms with Crippen molar-refractivity contribution in [2.45, 2.75) is 25.2 Å². The fourth-order valence-corrected chi connectivity index (χ4v) is 1.40. The normalized spacial score (nSPS) is 13.3. The van der Waals surface area contributed by atoms with E-state index in [1.807, 2.05) is 6.07 Å². The van der Waals surface area contributed by atoms with Crippen molar-refractivity contribution in [2.75, 3.05) is 6.54 Å². The second-order valence-corrected chi connectivity index (χ2v) is 4.12. The topological polar surface area (TPSA) is 125 Å². The van der Waals surface area contributed by atoms with Crippen LogP contribution in [0.2, 0.25) is 0 Å². The molecule has 20 heavy (non-hydrogen) atoms. The molecule has 0 amide bonds. The van der Waals surface area contributed by atoms with E-state index in [0.29, 0.717) is 0 Å². The molecular weight excluding hydrogens is 264 g/mol. The molecule has 0 aliphatic carbocycles. The number of nitrogens with two attached hydrogens (primary N) is 2. The van der Waals surface area contributed by atoms with Crippen LogP contribution in [0.3, 0.4) is 0 Å². The fraction of sp³-hybridized carbons (Fsp3) is 0.385. The molecular formula is C13H18N2O5. The number of hydrogen-bond acceptors (Lipinski definition) is 7. The van der Waals surface area contributed by atoms with Gasteiger partial charge in [-0.25, -0.2) is 9.59 Å². The van der Waals surface area contributed by atoms with E-state index >= 15 is 0 Å². The van der Waals surface area contributed by atoms with Crippen molar-refractivity contribution in [1.29, 1.82) is 0 Å². The Balaban J connectivity index is 2.36. The number of aliphatic hydroxyl groups excluding tert-OH is 1. The highest BCUT2D eigenvalue weighted by Gasteiger charge is 2.26. The fourth-order valence-electron chi connectivity index (χ4n) is 1.40. The minimum atomic E-state index is -1.33. The van der Waals surface area contributed by atoms with E-state index in [9.17, 15) is 14.7 Å². The molecule has 0 saturated carbocycles. The quantitative estimate of drug-likeness (QED) is 0.491. The van der Waals surface area contributed by atoms with E-state index in [1.54, 1.807) is 24.3 Å². The first-order valence-electron chi connectivity index (χ1n) is 6.10. The number of ether oxygens (including phenoxy) is 2. The summed E-state index contributed by atoms with van der Waals surface area (Å²) in [6.07, 6.45) is -2.18. The molecule has 0 saturated heterocycles. The number of esters is 1. The summed E-state index contributed by atoms with van der Waals surface area (Å²) in [6, 6.07) is 7.58.